The van der Waals surface area contributed by atoms with Gasteiger partial charge in [0, 0.05) is 5.41 Å². The standard InChI is InChI=1S/C19H25NO4S/c1-13(24-15-7-5-4-6-8-15)17(21)20-16-11-14-9-10-19(16,18(14,2)3)12-25(20,22)23/h4-8,13-14,16H,9-12H2,1-3H3/t13-,14+,16+,19+/m0/s1. The van der Waals surface area contributed by atoms with Gasteiger partial charge in [0.15, 0.2) is 6.10 Å². The van der Waals surface area contributed by atoms with Crippen molar-refractivity contribution in [1.82, 2.24) is 4.31 Å². The Morgan fingerprint density at radius 3 is 2.60 bits per heavy atom. The van der Waals surface area contributed by atoms with E-state index in [9.17, 15) is 13.2 Å². The Kier molecular flexibility index (Phi) is 3.53. The lowest BCUT2D eigenvalue weighted by Gasteiger charge is -2.37. The Labute approximate surface area is 149 Å². The molecule has 2 bridgehead atoms. The molecule has 3 fully saturated rings. The molecule has 4 atom stereocenters. The number of hydrogen-bond donors (Lipinski definition) is 0. The quantitative estimate of drug-likeness (QED) is 0.828. The summed E-state index contributed by atoms with van der Waals surface area (Å²) in [6, 6.07) is 8.85. The molecule has 136 valence electrons. The summed E-state index contributed by atoms with van der Waals surface area (Å²) in [6.07, 6.45) is 1.92. The molecule has 5 nitrogen and oxygen atoms in total. The highest BCUT2D eigenvalue weighted by atomic mass is 32.2. The fraction of sp³-hybridized carbons (Fsp3) is 0.632. The highest BCUT2D eigenvalue weighted by Gasteiger charge is 2.72. The fourth-order valence-electron chi connectivity index (χ4n) is 5.51. The highest BCUT2D eigenvalue weighted by Crippen LogP contribution is 2.70. The van der Waals surface area contributed by atoms with E-state index in [2.05, 4.69) is 13.8 Å². The van der Waals surface area contributed by atoms with E-state index in [0.717, 1.165) is 19.3 Å². The Morgan fingerprint density at radius 1 is 1.28 bits per heavy atom. The molecule has 0 N–H and O–H groups in total. The van der Waals surface area contributed by atoms with E-state index in [1.54, 1.807) is 19.1 Å². The number of benzene rings is 1. The lowest BCUT2D eigenvalue weighted by atomic mass is 9.69. The van der Waals surface area contributed by atoms with Gasteiger partial charge in [-0.15, -0.1) is 0 Å². The van der Waals surface area contributed by atoms with Gasteiger partial charge >= 0.3 is 0 Å². The van der Waals surface area contributed by atoms with Crippen molar-refractivity contribution in [3.05, 3.63) is 30.3 Å². The number of para-hydroxylation sites is 1. The van der Waals surface area contributed by atoms with Crippen LogP contribution < -0.4 is 4.74 Å². The molecule has 1 spiro atoms. The van der Waals surface area contributed by atoms with Gasteiger partial charge < -0.3 is 4.74 Å². The SMILES string of the molecule is C[C@H](Oc1ccccc1)C(=O)N1[C@@H]2C[C@H]3CC[C@]2(CS1(=O)=O)C3(C)C. The van der Waals surface area contributed by atoms with Gasteiger partial charge in [-0.1, -0.05) is 32.0 Å². The van der Waals surface area contributed by atoms with Gasteiger partial charge in [-0.25, -0.2) is 12.7 Å². The van der Waals surface area contributed by atoms with Gasteiger partial charge in [0.25, 0.3) is 5.91 Å². The fourth-order valence-corrected chi connectivity index (χ4v) is 8.11. The second kappa shape index (κ2) is 5.22. The monoisotopic (exact) mass is 363 g/mol. The predicted octanol–water partition coefficient (Wildman–Crippen LogP) is 2.82. The molecule has 1 aromatic rings. The Hall–Kier alpha value is -1.56. The molecule has 2 aliphatic carbocycles. The maximum atomic E-state index is 13.0. The van der Waals surface area contributed by atoms with Gasteiger partial charge in [-0.05, 0) is 49.7 Å². The molecule has 3 aliphatic rings. The average Bonchev–Trinajstić information content (AvgIpc) is 3.02. The van der Waals surface area contributed by atoms with Crippen LogP contribution in [0, 0.1) is 16.7 Å². The molecule has 0 unspecified atom stereocenters. The molecular formula is C19H25NO4S. The zero-order chi connectivity index (χ0) is 18.0. The molecule has 2 saturated carbocycles. The third kappa shape index (κ3) is 2.19. The van der Waals surface area contributed by atoms with Crippen molar-refractivity contribution in [1.29, 1.82) is 0 Å². The van der Waals surface area contributed by atoms with E-state index < -0.39 is 22.0 Å². The molecular weight excluding hydrogens is 338 g/mol. The number of fused-ring (bicyclic) bond motifs is 1. The Balaban J connectivity index is 1.63. The van der Waals surface area contributed by atoms with Gasteiger partial charge in [0.05, 0.1) is 11.8 Å². The van der Waals surface area contributed by atoms with Gasteiger partial charge in [0.1, 0.15) is 5.75 Å². The van der Waals surface area contributed by atoms with Crippen LogP contribution in [0.2, 0.25) is 0 Å². The molecule has 25 heavy (non-hydrogen) atoms. The lowest BCUT2D eigenvalue weighted by molar-refractivity contribution is -0.135. The summed E-state index contributed by atoms with van der Waals surface area (Å²) in [4.78, 5) is 13.0. The van der Waals surface area contributed by atoms with E-state index >= 15 is 0 Å². The number of carbonyl (C=O) groups is 1. The maximum absolute atomic E-state index is 13.0. The first-order valence-electron chi connectivity index (χ1n) is 8.97. The zero-order valence-electron chi connectivity index (χ0n) is 14.9. The molecule has 1 heterocycles. The van der Waals surface area contributed by atoms with Crippen LogP contribution in [0.3, 0.4) is 0 Å². The van der Waals surface area contributed by atoms with Gasteiger partial charge in [-0.3, -0.25) is 4.79 Å². The largest absolute Gasteiger partial charge is 0.481 e. The van der Waals surface area contributed by atoms with E-state index in [1.165, 1.54) is 4.31 Å². The molecule has 4 rings (SSSR count). The molecule has 1 amide bonds. The van der Waals surface area contributed by atoms with E-state index in [1.807, 2.05) is 18.2 Å². The summed E-state index contributed by atoms with van der Waals surface area (Å²) in [5.74, 6) is 0.725. The van der Waals surface area contributed by atoms with Gasteiger partial charge in [0.2, 0.25) is 10.0 Å². The van der Waals surface area contributed by atoms with Crippen molar-refractivity contribution < 1.29 is 17.9 Å². The minimum atomic E-state index is -3.59. The molecule has 0 aromatic heterocycles. The van der Waals surface area contributed by atoms with Crippen LogP contribution >= 0.6 is 0 Å². The molecule has 0 radical (unpaired) electrons. The summed E-state index contributed by atoms with van der Waals surface area (Å²) >= 11 is 0. The van der Waals surface area contributed by atoms with Gasteiger partial charge in [-0.2, -0.15) is 0 Å². The van der Waals surface area contributed by atoms with Crippen LogP contribution in [0.25, 0.3) is 0 Å². The van der Waals surface area contributed by atoms with Crippen molar-refractivity contribution in [2.75, 3.05) is 5.75 Å². The lowest BCUT2D eigenvalue weighted by Crippen LogP contribution is -2.48. The van der Waals surface area contributed by atoms with Crippen LogP contribution in [0.5, 0.6) is 5.75 Å². The molecule has 1 aliphatic heterocycles. The average molecular weight is 363 g/mol. The first kappa shape index (κ1) is 16.9. The third-order valence-electron chi connectivity index (χ3n) is 7.03. The summed E-state index contributed by atoms with van der Waals surface area (Å²) in [7, 11) is -3.59. The second-order valence-corrected chi connectivity index (χ2v) is 10.2. The Morgan fingerprint density at radius 2 is 1.96 bits per heavy atom. The number of rotatable bonds is 3. The second-order valence-electron chi connectivity index (χ2n) is 8.33. The van der Waals surface area contributed by atoms with Crippen LogP contribution in [-0.4, -0.2) is 36.5 Å². The first-order valence-corrected chi connectivity index (χ1v) is 10.6. The van der Waals surface area contributed by atoms with E-state index in [-0.39, 0.29) is 22.6 Å². The minimum absolute atomic E-state index is 0.0384. The summed E-state index contributed by atoms with van der Waals surface area (Å²) in [5.41, 5.74) is -0.331. The number of sulfonamides is 1. The zero-order valence-corrected chi connectivity index (χ0v) is 15.8. The number of hydrogen-bond acceptors (Lipinski definition) is 4. The smallest absolute Gasteiger partial charge is 0.277 e. The topological polar surface area (TPSA) is 63.7 Å². The van der Waals surface area contributed by atoms with Crippen LogP contribution in [-0.2, 0) is 14.8 Å². The van der Waals surface area contributed by atoms with Crippen molar-refractivity contribution in [3.63, 3.8) is 0 Å². The van der Waals surface area contributed by atoms with Crippen molar-refractivity contribution in [2.24, 2.45) is 16.7 Å². The summed E-state index contributed by atoms with van der Waals surface area (Å²) < 4.78 is 32.7. The summed E-state index contributed by atoms with van der Waals surface area (Å²) in [5, 5.41) is 0. The number of ether oxygens (including phenoxy) is 1. The van der Waals surface area contributed by atoms with Crippen molar-refractivity contribution in [2.45, 2.75) is 52.2 Å². The number of amides is 1. The van der Waals surface area contributed by atoms with Crippen molar-refractivity contribution in [3.8, 4) is 5.75 Å². The molecule has 6 heteroatoms. The summed E-state index contributed by atoms with van der Waals surface area (Å²) in [6.45, 7) is 5.99. The number of nitrogens with zero attached hydrogens (tertiary/aromatic N) is 1. The first-order chi connectivity index (χ1) is 11.7. The van der Waals surface area contributed by atoms with E-state index in [0.29, 0.717) is 11.7 Å². The van der Waals surface area contributed by atoms with Crippen LogP contribution in [0.15, 0.2) is 30.3 Å². The molecule has 1 saturated heterocycles. The highest BCUT2D eigenvalue weighted by molar-refractivity contribution is 7.90. The number of carbonyl (C=O) groups excluding carboxylic acids is 1. The Bertz CT molecular complexity index is 804. The van der Waals surface area contributed by atoms with Crippen molar-refractivity contribution >= 4 is 15.9 Å². The third-order valence-corrected chi connectivity index (χ3v) is 8.95. The van der Waals surface area contributed by atoms with Crippen LogP contribution in [0.1, 0.15) is 40.0 Å². The molecule has 1 aromatic carbocycles. The van der Waals surface area contributed by atoms with Crippen LogP contribution in [0.4, 0.5) is 0 Å². The normalized spacial score (nSPS) is 35.4. The maximum Gasteiger partial charge on any atom is 0.277 e. The van der Waals surface area contributed by atoms with E-state index in [4.69, 9.17) is 4.74 Å². The predicted molar refractivity (Wildman–Crippen MR) is 94.5 cm³/mol. The minimum Gasteiger partial charge on any atom is -0.481 e.